The predicted molar refractivity (Wildman–Crippen MR) is 105 cm³/mol. The van der Waals surface area contributed by atoms with E-state index in [2.05, 4.69) is 21.2 Å². The molecule has 1 atom stereocenters. The Morgan fingerprint density at radius 1 is 1.00 bits per heavy atom. The van der Waals surface area contributed by atoms with E-state index in [9.17, 15) is 9.59 Å². The second-order valence-corrected chi connectivity index (χ2v) is 7.31. The number of furan rings is 1. The van der Waals surface area contributed by atoms with Crippen molar-refractivity contribution in [2.24, 2.45) is 0 Å². The number of amides is 2. The molecule has 2 aromatic carbocycles. The molecule has 1 aliphatic rings. The van der Waals surface area contributed by atoms with Crippen molar-refractivity contribution < 1.29 is 14.0 Å². The number of anilines is 1. The molecule has 2 heterocycles. The number of benzene rings is 2. The molecule has 5 nitrogen and oxygen atoms in total. The number of fused-ring (bicyclic) bond motifs is 1. The standard InChI is InChI=1S/C21H17BrN2O3/c22-16-7-9-17(10-8-16)23-20(25)18-12-14-4-1-2-5-15(14)13-24(18)21(26)19-6-3-11-27-19/h1-11,18H,12-13H2,(H,23,25). The van der Waals surface area contributed by atoms with Crippen LogP contribution in [0, 0.1) is 0 Å². The lowest BCUT2D eigenvalue weighted by molar-refractivity contribution is -0.121. The van der Waals surface area contributed by atoms with Crippen molar-refractivity contribution >= 4 is 33.4 Å². The highest BCUT2D eigenvalue weighted by atomic mass is 79.9. The Labute approximate surface area is 165 Å². The summed E-state index contributed by atoms with van der Waals surface area (Å²) >= 11 is 3.38. The van der Waals surface area contributed by atoms with Crippen molar-refractivity contribution in [1.82, 2.24) is 4.90 Å². The van der Waals surface area contributed by atoms with Crippen molar-refractivity contribution in [3.63, 3.8) is 0 Å². The first-order valence-electron chi connectivity index (χ1n) is 8.59. The van der Waals surface area contributed by atoms with Gasteiger partial charge in [-0.3, -0.25) is 9.59 Å². The smallest absolute Gasteiger partial charge is 0.290 e. The number of nitrogens with zero attached hydrogens (tertiary/aromatic N) is 1. The van der Waals surface area contributed by atoms with E-state index in [1.54, 1.807) is 17.0 Å². The van der Waals surface area contributed by atoms with Gasteiger partial charge in [0.1, 0.15) is 6.04 Å². The molecule has 136 valence electrons. The monoisotopic (exact) mass is 424 g/mol. The van der Waals surface area contributed by atoms with Crippen LogP contribution in [0.15, 0.2) is 75.8 Å². The van der Waals surface area contributed by atoms with Crippen LogP contribution in [0.2, 0.25) is 0 Å². The minimum atomic E-state index is -0.610. The zero-order chi connectivity index (χ0) is 18.8. The van der Waals surface area contributed by atoms with E-state index in [4.69, 9.17) is 4.42 Å². The maximum Gasteiger partial charge on any atom is 0.290 e. The number of hydrogen-bond donors (Lipinski definition) is 1. The fourth-order valence-electron chi connectivity index (χ4n) is 3.27. The van der Waals surface area contributed by atoms with Crippen LogP contribution in [0.1, 0.15) is 21.7 Å². The summed E-state index contributed by atoms with van der Waals surface area (Å²) in [5, 5.41) is 2.92. The van der Waals surface area contributed by atoms with E-state index >= 15 is 0 Å². The van der Waals surface area contributed by atoms with Gasteiger partial charge in [0, 0.05) is 23.1 Å². The lowest BCUT2D eigenvalue weighted by atomic mass is 9.93. The molecule has 0 radical (unpaired) electrons. The fraction of sp³-hybridized carbons (Fsp3) is 0.143. The van der Waals surface area contributed by atoms with Gasteiger partial charge in [-0.05, 0) is 47.5 Å². The zero-order valence-electron chi connectivity index (χ0n) is 14.4. The van der Waals surface area contributed by atoms with Gasteiger partial charge in [-0.2, -0.15) is 0 Å². The van der Waals surface area contributed by atoms with Gasteiger partial charge in [0.25, 0.3) is 5.91 Å². The Bertz CT molecular complexity index is 967. The van der Waals surface area contributed by atoms with Gasteiger partial charge in [-0.15, -0.1) is 0 Å². The van der Waals surface area contributed by atoms with Gasteiger partial charge in [0.05, 0.1) is 6.26 Å². The summed E-state index contributed by atoms with van der Waals surface area (Å²) in [6, 6.07) is 17.9. The highest BCUT2D eigenvalue weighted by Crippen LogP contribution is 2.26. The van der Waals surface area contributed by atoms with Crippen LogP contribution in [0.25, 0.3) is 0 Å². The topological polar surface area (TPSA) is 62.6 Å². The quantitative estimate of drug-likeness (QED) is 0.683. The van der Waals surface area contributed by atoms with Gasteiger partial charge in [0.15, 0.2) is 5.76 Å². The molecule has 4 rings (SSSR count). The lowest BCUT2D eigenvalue weighted by Crippen LogP contribution is -2.50. The Hall–Kier alpha value is -2.86. The first-order chi connectivity index (χ1) is 13.1. The Morgan fingerprint density at radius 3 is 2.44 bits per heavy atom. The third kappa shape index (κ3) is 3.66. The number of hydrogen-bond acceptors (Lipinski definition) is 3. The molecule has 0 aliphatic carbocycles. The third-order valence-corrected chi connectivity index (χ3v) is 5.18. The molecule has 2 amide bonds. The molecular weight excluding hydrogens is 408 g/mol. The van der Waals surface area contributed by atoms with Gasteiger partial charge < -0.3 is 14.6 Å². The van der Waals surface area contributed by atoms with Crippen LogP contribution < -0.4 is 5.32 Å². The highest BCUT2D eigenvalue weighted by molar-refractivity contribution is 9.10. The molecule has 0 fully saturated rings. The number of carbonyl (C=O) groups excluding carboxylic acids is 2. The molecule has 6 heteroatoms. The van der Waals surface area contributed by atoms with Crippen molar-refractivity contribution in [1.29, 1.82) is 0 Å². The Morgan fingerprint density at radius 2 is 1.74 bits per heavy atom. The van der Waals surface area contributed by atoms with Crippen LogP contribution in [0.5, 0.6) is 0 Å². The number of rotatable bonds is 3. The molecule has 0 spiro atoms. The van der Waals surface area contributed by atoms with Gasteiger partial charge >= 0.3 is 0 Å². The van der Waals surface area contributed by atoms with Crippen LogP contribution in [0.3, 0.4) is 0 Å². The largest absolute Gasteiger partial charge is 0.459 e. The average Bonchev–Trinajstić information content (AvgIpc) is 3.23. The van der Waals surface area contributed by atoms with Crippen molar-refractivity contribution in [2.45, 2.75) is 19.0 Å². The second-order valence-electron chi connectivity index (χ2n) is 6.40. The molecule has 1 N–H and O–H groups in total. The van der Waals surface area contributed by atoms with Crippen molar-refractivity contribution in [2.75, 3.05) is 5.32 Å². The maximum atomic E-state index is 13.0. The first kappa shape index (κ1) is 17.5. The van der Waals surface area contributed by atoms with E-state index < -0.39 is 6.04 Å². The molecule has 1 aromatic heterocycles. The molecule has 0 saturated heterocycles. The first-order valence-corrected chi connectivity index (χ1v) is 9.39. The minimum Gasteiger partial charge on any atom is -0.459 e. The van der Waals surface area contributed by atoms with E-state index in [1.165, 1.54) is 6.26 Å². The average molecular weight is 425 g/mol. The summed E-state index contributed by atoms with van der Waals surface area (Å²) in [5.74, 6) is -0.270. The second kappa shape index (κ2) is 7.40. The van der Waals surface area contributed by atoms with Crippen LogP contribution >= 0.6 is 15.9 Å². The zero-order valence-corrected chi connectivity index (χ0v) is 16.0. The number of carbonyl (C=O) groups is 2. The van der Waals surface area contributed by atoms with Gasteiger partial charge in [0.2, 0.25) is 5.91 Å². The van der Waals surface area contributed by atoms with E-state index in [0.29, 0.717) is 18.7 Å². The summed E-state index contributed by atoms with van der Waals surface area (Å²) in [5.41, 5.74) is 2.81. The van der Waals surface area contributed by atoms with Crippen LogP contribution in [-0.4, -0.2) is 22.8 Å². The number of nitrogens with one attached hydrogen (secondary N) is 1. The SMILES string of the molecule is O=C(Nc1ccc(Br)cc1)C1Cc2ccccc2CN1C(=O)c1ccco1. The molecular formula is C21H17BrN2O3. The fourth-order valence-corrected chi connectivity index (χ4v) is 3.54. The van der Waals surface area contributed by atoms with Crippen molar-refractivity contribution in [3.8, 4) is 0 Å². The highest BCUT2D eigenvalue weighted by Gasteiger charge is 2.35. The summed E-state index contributed by atoms with van der Waals surface area (Å²) < 4.78 is 6.20. The Balaban J connectivity index is 1.63. The van der Waals surface area contributed by atoms with Gasteiger partial charge in [-0.1, -0.05) is 40.2 Å². The molecule has 1 aliphatic heterocycles. The van der Waals surface area contributed by atoms with Crippen LogP contribution in [-0.2, 0) is 17.8 Å². The summed E-state index contributed by atoms with van der Waals surface area (Å²) in [4.78, 5) is 27.5. The van der Waals surface area contributed by atoms with E-state index in [1.807, 2.05) is 48.5 Å². The summed E-state index contributed by atoms with van der Waals surface area (Å²) in [6.07, 6.45) is 1.92. The molecule has 1 unspecified atom stereocenters. The Kier molecular flexibility index (Phi) is 4.81. The van der Waals surface area contributed by atoms with Crippen molar-refractivity contribution in [3.05, 3.63) is 88.3 Å². The molecule has 0 saturated carbocycles. The number of halogens is 1. The summed E-state index contributed by atoms with van der Waals surface area (Å²) in [7, 11) is 0. The van der Waals surface area contributed by atoms with Gasteiger partial charge in [-0.25, -0.2) is 0 Å². The van der Waals surface area contributed by atoms with E-state index in [-0.39, 0.29) is 17.6 Å². The minimum absolute atomic E-state index is 0.216. The maximum absolute atomic E-state index is 13.0. The molecule has 0 bridgehead atoms. The summed E-state index contributed by atoms with van der Waals surface area (Å²) in [6.45, 7) is 0.369. The van der Waals surface area contributed by atoms with E-state index in [0.717, 1.165) is 15.6 Å². The predicted octanol–water partition coefficient (Wildman–Crippen LogP) is 4.25. The lowest BCUT2D eigenvalue weighted by Gasteiger charge is -2.35. The molecule has 3 aromatic rings. The third-order valence-electron chi connectivity index (χ3n) is 4.66. The molecule has 27 heavy (non-hydrogen) atoms. The normalized spacial score (nSPS) is 15.9. The van der Waals surface area contributed by atoms with Crippen LogP contribution in [0.4, 0.5) is 5.69 Å².